The minimum atomic E-state index is -0.0604. The van der Waals surface area contributed by atoms with E-state index in [-0.39, 0.29) is 30.6 Å². The van der Waals surface area contributed by atoms with E-state index in [1.807, 2.05) is 43.0 Å². The van der Waals surface area contributed by atoms with E-state index < -0.39 is 0 Å². The van der Waals surface area contributed by atoms with Crippen molar-refractivity contribution >= 4 is 17.5 Å². The van der Waals surface area contributed by atoms with Gasteiger partial charge in [-0.25, -0.2) is 0 Å². The van der Waals surface area contributed by atoms with Crippen LogP contribution in [-0.4, -0.2) is 55.2 Å². The van der Waals surface area contributed by atoms with Crippen molar-refractivity contribution in [1.29, 1.82) is 0 Å². The molecule has 2 aliphatic heterocycles. The molecule has 0 bridgehead atoms. The minimum Gasteiger partial charge on any atom is -0.482 e. The molecule has 0 aromatic heterocycles. The zero-order valence-corrected chi connectivity index (χ0v) is 14.2. The highest BCUT2D eigenvalue weighted by atomic mass is 16.5. The number of para-hydroxylation sites is 2. The van der Waals surface area contributed by atoms with Crippen molar-refractivity contribution in [3.05, 3.63) is 24.3 Å². The summed E-state index contributed by atoms with van der Waals surface area (Å²) in [6, 6.07) is 7.50. The van der Waals surface area contributed by atoms with Crippen LogP contribution in [0.15, 0.2) is 24.3 Å². The largest absolute Gasteiger partial charge is 0.482 e. The molecule has 6 heteroatoms. The number of ether oxygens (including phenoxy) is 2. The molecule has 2 heterocycles. The molecule has 2 amide bonds. The van der Waals surface area contributed by atoms with Crippen molar-refractivity contribution in [3.63, 3.8) is 0 Å². The van der Waals surface area contributed by atoms with Crippen LogP contribution in [0.2, 0.25) is 0 Å². The summed E-state index contributed by atoms with van der Waals surface area (Å²) in [5.74, 6) is 0.792. The molecule has 2 atom stereocenters. The van der Waals surface area contributed by atoms with Crippen molar-refractivity contribution in [2.24, 2.45) is 0 Å². The molecule has 0 radical (unpaired) electrons. The van der Waals surface area contributed by atoms with Gasteiger partial charge in [-0.3, -0.25) is 9.59 Å². The Balaban J connectivity index is 1.55. The first-order chi connectivity index (χ1) is 11.5. The Labute approximate surface area is 142 Å². The Hall–Kier alpha value is -2.08. The molecule has 1 aromatic carbocycles. The van der Waals surface area contributed by atoms with Gasteiger partial charge in [0.25, 0.3) is 5.91 Å². The van der Waals surface area contributed by atoms with Gasteiger partial charge in [-0.15, -0.1) is 0 Å². The van der Waals surface area contributed by atoms with Crippen LogP contribution in [0.1, 0.15) is 26.7 Å². The molecular formula is C18H24N2O4. The lowest BCUT2D eigenvalue weighted by atomic mass is 10.1. The fraction of sp³-hybridized carbons (Fsp3) is 0.556. The SMILES string of the molecule is C[C@@H]1CN(C(=O)CCCN2C(=O)COc3ccccc32)C[C@@H](C)O1. The van der Waals surface area contributed by atoms with Crippen molar-refractivity contribution < 1.29 is 19.1 Å². The predicted octanol–water partition coefficient (Wildman–Crippen LogP) is 1.83. The van der Waals surface area contributed by atoms with E-state index in [0.29, 0.717) is 32.5 Å². The van der Waals surface area contributed by atoms with Crippen LogP contribution in [0, 0.1) is 0 Å². The number of carbonyl (C=O) groups excluding carboxylic acids is 2. The topological polar surface area (TPSA) is 59.1 Å². The number of rotatable bonds is 4. The third kappa shape index (κ3) is 3.70. The van der Waals surface area contributed by atoms with Crippen LogP contribution >= 0.6 is 0 Å². The lowest BCUT2D eigenvalue weighted by Crippen LogP contribution is -2.48. The highest BCUT2D eigenvalue weighted by Gasteiger charge is 2.27. The number of morpholine rings is 1. The van der Waals surface area contributed by atoms with Gasteiger partial charge in [-0.05, 0) is 32.4 Å². The van der Waals surface area contributed by atoms with Gasteiger partial charge in [-0.1, -0.05) is 12.1 Å². The molecule has 2 aliphatic rings. The summed E-state index contributed by atoms with van der Waals surface area (Å²) in [4.78, 5) is 28.1. The number of benzene rings is 1. The summed E-state index contributed by atoms with van der Waals surface area (Å²) >= 11 is 0. The van der Waals surface area contributed by atoms with E-state index >= 15 is 0 Å². The highest BCUT2D eigenvalue weighted by Crippen LogP contribution is 2.31. The summed E-state index contributed by atoms with van der Waals surface area (Å²) in [7, 11) is 0. The second-order valence-electron chi connectivity index (χ2n) is 6.46. The summed E-state index contributed by atoms with van der Waals surface area (Å²) in [5, 5.41) is 0. The second-order valence-corrected chi connectivity index (χ2v) is 6.46. The molecule has 1 aromatic rings. The second kappa shape index (κ2) is 7.21. The zero-order valence-electron chi connectivity index (χ0n) is 14.2. The Kier molecular flexibility index (Phi) is 5.04. The van der Waals surface area contributed by atoms with Gasteiger partial charge in [0.2, 0.25) is 5.91 Å². The Bertz CT molecular complexity index is 609. The lowest BCUT2D eigenvalue weighted by Gasteiger charge is -2.35. The molecule has 0 saturated carbocycles. The normalized spacial score (nSPS) is 23.7. The predicted molar refractivity (Wildman–Crippen MR) is 90.1 cm³/mol. The van der Waals surface area contributed by atoms with Crippen LogP contribution in [0.25, 0.3) is 0 Å². The molecular weight excluding hydrogens is 308 g/mol. The number of carbonyl (C=O) groups is 2. The fourth-order valence-electron chi connectivity index (χ4n) is 3.33. The number of hydrogen-bond acceptors (Lipinski definition) is 4. The van der Waals surface area contributed by atoms with Gasteiger partial charge in [0, 0.05) is 26.1 Å². The molecule has 0 N–H and O–H groups in total. The van der Waals surface area contributed by atoms with Crippen molar-refractivity contribution in [1.82, 2.24) is 4.90 Å². The smallest absolute Gasteiger partial charge is 0.265 e. The molecule has 24 heavy (non-hydrogen) atoms. The first kappa shape index (κ1) is 16.8. The zero-order chi connectivity index (χ0) is 17.1. The number of nitrogens with zero attached hydrogens (tertiary/aromatic N) is 2. The minimum absolute atomic E-state index is 0.0590. The summed E-state index contributed by atoms with van der Waals surface area (Å²) in [6.07, 6.45) is 1.22. The monoisotopic (exact) mass is 332 g/mol. The highest BCUT2D eigenvalue weighted by molar-refractivity contribution is 5.97. The molecule has 0 spiro atoms. The maximum Gasteiger partial charge on any atom is 0.265 e. The van der Waals surface area contributed by atoms with Gasteiger partial charge in [0.05, 0.1) is 17.9 Å². The van der Waals surface area contributed by atoms with Crippen molar-refractivity contribution in [2.45, 2.75) is 38.9 Å². The molecule has 130 valence electrons. The molecule has 0 unspecified atom stereocenters. The molecule has 1 fully saturated rings. The first-order valence-electron chi connectivity index (χ1n) is 8.50. The standard InChI is InChI=1S/C18H24N2O4/c1-13-10-19(11-14(2)24-13)17(21)8-5-9-20-15-6-3-4-7-16(15)23-12-18(20)22/h3-4,6-7,13-14H,5,8-12H2,1-2H3/t13-,14-/m1/s1. The molecule has 0 aliphatic carbocycles. The number of hydrogen-bond donors (Lipinski definition) is 0. The average Bonchev–Trinajstić information content (AvgIpc) is 2.56. The van der Waals surface area contributed by atoms with Crippen molar-refractivity contribution in [3.8, 4) is 5.75 Å². The maximum absolute atomic E-state index is 12.4. The van der Waals surface area contributed by atoms with E-state index in [2.05, 4.69) is 0 Å². The quantitative estimate of drug-likeness (QED) is 0.844. The van der Waals surface area contributed by atoms with Crippen molar-refractivity contribution in [2.75, 3.05) is 31.1 Å². The van der Waals surface area contributed by atoms with E-state index in [1.54, 1.807) is 4.90 Å². The van der Waals surface area contributed by atoms with E-state index in [1.165, 1.54) is 0 Å². The average molecular weight is 332 g/mol. The number of amides is 2. The molecule has 6 nitrogen and oxygen atoms in total. The van der Waals surface area contributed by atoms with Gasteiger partial charge >= 0.3 is 0 Å². The lowest BCUT2D eigenvalue weighted by molar-refractivity contribution is -0.143. The van der Waals surface area contributed by atoms with E-state index in [0.717, 1.165) is 11.4 Å². The molecule has 3 rings (SSSR count). The maximum atomic E-state index is 12.4. The summed E-state index contributed by atoms with van der Waals surface area (Å²) in [6.45, 7) is 5.84. The fourth-order valence-corrected chi connectivity index (χ4v) is 3.33. The summed E-state index contributed by atoms with van der Waals surface area (Å²) < 4.78 is 11.1. The van der Waals surface area contributed by atoms with Crippen LogP contribution < -0.4 is 9.64 Å². The third-order valence-electron chi connectivity index (χ3n) is 4.35. The van der Waals surface area contributed by atoms with Crippen LogP contribution in [0.5, 0.6) is 5.75 Å². The van der Waals surface area contributed by atoms with Gasteiger partial charge in [0.15, 0.2) is 6.61 Å². The summed E-state index contributed by atoms with van der Waals surface area (Å²) in [5.41, 5.74) is 0.787. The Morgan fingerprint density at radius 3 is 2.67 bits per heavy atom. The third-order valence-corrected chi connectivity index (χ3v) is 4.35. The number of anilines is 1. The van der Waals surface area contributed by atoms with Gasteiger partial charge in [-0.2, -0.15) is 0 Å². The number of fused-ring (bicyclic) bond motifs is 1. The molecule has 1 saturated heterocycles. The Morgan fingerprint density at radius 1 is 1.21 bits per heavy atom. The van der Waals surface area contributed by atoms with Gasteiger partial charge < -0.3 is 19.3 Å². The van der Waals surface area contributed by atoms with E-state index in [9.17, 15) is 9.59 Å². The first-order valence-corrected chi connectivity index (χ1v) is 8.50. The van der Waals surface area contributed by atoms with Gasteiger partial charge in [0.1, 0.15) is 5.75 Å². The Morgan fingerprint density at radius 2 is 1.92 bits per heavy atom. The van der Waals surface area contributed by atoms with Crippen LogP contribution in [0.4, 0.5) is 5.69 Å². The van der Waals surface area contributed by atoms with Crippen LogP contribution in [0.3, 0.4) is 0 Å². The van der Waals surface area contributed by atoms with Crippen LogP contribution in [-0.2, 0) is 14.3 Å². The van der Waals surface area contributed by atoms with E-state index in [4.69, 9.17) is 9.47 Å².